The van der Waals surface area contributed by atoms with Gasteiger partial charge in [0.1, 0.15) is 18.3 Å². The zero-order valence-corrected chi connectivity index (χ0v) is 28.9. The minimum atomic E-state index is -4.25. The average Bonchev–Trinajstić information content (AvgIpc) is 3.10. The molecule has 0 heterocycles. The molecule has 0 unspecified atom stereocenters. The molecule has 48 heavy (non-hydrogen) atoms. The lowest BCUT2D eigenvalue weighted by molar-refractivity contribution is -0.140. The van der Waals surface area contributed by atoms with E-state index < -0.39 is 28.5 Å². The molecule has 10 heteroatoms. The highest BCUT2D eigenvalue weighted by Gasteiger charge is 2.36. The van der Waals surface area contributed by atoms with Gasteiger partial charge < -0.3 is 15.0 Å². The number of amides is 2. The number of benzene rings is 4. The topological polar surface area (TPSA) is 96.0 Å². The van der Waals surface area contributed by atoms with Crippen LogP contribution < -0.4 is 14.4 Å². The van der Waals surface area contributed by atoms with Gasteiger partial charge in [0.05, 0.1) is 17.7 Å². The standard InChI is InChI=1S/C38H42ClN3O5S/c1-28-17-23-33(24-18-28)48(45,46)42(34-15-9-10-16-36(34)47-2)27-37(43)41(26-30-19-21-31(39)22-20-30)35(25-29-11-5-3-6-12-29)38(44)40-32-13-7-4-8-14-32/h3,5-6,9-12,15-24,32,35H,4,7-8,13-14,25-27H2,1-2H3,(H,40,44)/t35-/m0/s1. The van der Waals surface area contributed by atoms with Crippen molar-refractivity contribution in [2.75, 3.05) is 18.0 Å². The first kappa shape index (κ1) is 35.0. The predicted octanol–water partition coefficient (Wildman–Crippen LogP) is 6.94. The summed E-state index contributed by atoms with van der Waals surface area (Å²) < 4.78 is 35.3. The molecular formula is C38H42ClN3O5S. The second kappa shape index (κ2) is 16.2. The number of rotatable bonds is 13. The third-order valence-electron chi connectivity index (χ3n) is 8.73. The van der Waals surface area contributed by atoms with Crippen molar-refractivity contribution in [1.82, 2.24) is 10.2 Å². The Hall–Kier alpha value is -4.34. The van der Waals surface area contributed by atoms with Crippen LogP contribution in [0.15, 0.2) is 108 Å². The number of hydrogen-bond donors (Lipinski definition) is 1. The second-order valence-corrected chi connectivity index (χ2v) is 14.5. The van der Waals surface area contributed by atoms with E-state index >= 15 is 0 Å². The number of ether oxygens (including phenoxy) is 1. The third kappa shape index (κ3) is 8.76. The van der Waals surface area contributed by atoms with Gasteiger partial charge in [-0.3, -0.25) is 13.9 Å². The number of carbonyl (C=O) groups excluding carboxylic acids is 2. The molecule has 0 aromatic heterocycles. The highest BCUT2D eigenvalue weighted by molar-refractivity contribution is 7.92. The summed E-state index contributed by atoms with van der Waals surface area (Å²) in [6, 6.07) is 28.9. The first-order valence-electron chi connectivity index (χ1n) is 16.3. The van der Waals surface area contributed by atoms with Crippen molar-refractivity contribution in [2.24, 2.45) is 0 Å². The van der Waals surface area contributed by atoms with E-state index in [1.54, 1.807) is 48.5 Å². The van der Waals surface area contributed by atoms with Crippen LogP contribution in [-0.2, 0) is 32.6 Å². The minimum Gasteiger partial charge on any atom is -0.495 e. The molecule has 0 radical (unpaired) electrons. The number of hydrogen-bond acceptors (Lipinski definition) is 5. The van der Waals surface area contributed by atoms with Crippen molar-refractivity contribution in [3.8, 4) is 5.75 Å². The Kier molecular flexibility index (Phi) is 11.8. The van der Waals surface area contributed by atoms with Crippen LogP contribution in [0.5, 0.6) is 5.75 Å². The fourth-order valence-corrected chi connectivity index (χ4v) is 7.62. The number of sulfonamides is 1. The fraction of sp³-hybridized carbons (Fsp3) is 0.316. The molecule has 4 aromatic carbocycles. The number of nitrogens with zero attached hydrogens (tertiary/aromatic N) is 2. The van der Waals surface area contributed by atoms with E-state index in [1.807, 2.05) is 49.4 Å². The van der Waals surface area contributed by atoms with Crippen molar-refractivity contribution >= 4 is 39.1 Å². The summed E-state index contributed by atoms with van der Waals surface area (Å²) in [6.45, 7) is 1.37. The molecule has 1 aliphatic carbocycles. The molecule has 2 amide bonds. The van der Waals surface area contributed by atoms with Crippen LogP contribution in [0.4, 0.5) is 5.69 Å². The van der Waals surface area contributed by atoms with Gasteiger partial charge in [0, 0.05) is 24.0 Å². The minimum absolute atomic E-state index is 0.0176. The first-order chi connectivity index (χ1) is 23.2. The zero-order valence-electron chi connectivity index (χ0n) is 27.3. The van der Waals surface area contributed by atoms with Crippen molar-refractivity contribution in [2.45, 2.75) is 69.0 Å². The molecule has 1 fully saturated rings. The summed E-state index contributed by atoms with van der Waals surface area (Å²) in [5, 5.41) is 3.77. The molecule has 252 valence electrons. The maximum Gasteiger partial charge on any atom is 0.264 e. The number of nitrogens with one attached hydrogen (secondary N) is 1. The van der Waals surface area contributed by atoms with Gasteiger partial charge in [-0.15, -0.1) is 0 Å². The van der Waals surface area contributed by atoms with Crippen LogP contribution in [0, 0.1) is 6.92 Å². The highest BCUT2D eigenvalue weighted by Crippen LogP contribution is 2.33. The van der Waals surface area contributed by atoms with Gasteiger partial charge in [-0.1, -0.05) is 103 Å². The normalized spacial score (nSPS) is 14.1. The van der Waals surface area contributed by atoms with E-state index in [-0.39, 0.29) is 35.5 Å². The highest BCUT2D eigenvalue weighted by atomic mass is 35.5. The van der Waals surface area contributed by atoms with Crippen LogP contribution >= 0.6 is 11.6 Å². The molecular weight excluding hydrogens is 646 g/mol. The van der Waals surface area contributed by atoms with Crippen LogP contribution in [-0.4, -0.2) is 50.9 Å². The second-order valence-electron chi connectivity index (χ2n) is 12.2. The summed E-state index contributed by atoms with van der Waals surface area (Å²) in [5.41, 5.74) is 2.74. The Morgan fingerprint density at radius 1 is 0.854 bits per heavy atom. The van der Waals surface area contributed by atoms with Crippen LogP contribution in [0.3, 0.4) is 0 Å². The number of para-hydroxylation sites is 2. The maximum absolute atomic E-state index is 14.7. The summed E-state index contributed by atoms with van der Waals surface area (Å²) in [5.74, 6) is -0.509. The lowest BCUT2D eigenvalue weighted by Gasteiger charge is -2.35. The van der Waals surface area contributed by atoms with Crippen LogP contribution in [0.25, 0.3) is 0 Å². The number of aryl methyl sites for hydroxylation is 1. The van der Waals surface area contributed by atoms with Gasteiger partial charge in [0.25, 0.3) is 10.0 Å². The Morgan fingerprint density at radius 2 is 1.50 bits per heavy atom. The van der Waals surface area contributed by atoms with Gasteiger partial charge in [-0.2, -0.15) is 0 Å². The summed E-state index contributed by atoms with van der Waals surface area (Å²) in [6.07, 6.45) is 5.21. The first-order valence-corrected chi connectivity index (χ1v) is 18.1. The molecule has 1 aliphatic rings. The molecule has 1 saturated carbocycles. The van der Waals surface area contributed by atoms with E-state index in [9.17, 15) is 18.0 Å². The number of carbonyl (C=O) groups is 2. The molecule has 5 rings (SSSR count). The van der Waals surface area contributed by atoms with Gasteiger partial charge in [0.15, 0.2) is 0 Å². The Labute approximate surface area is 288 Å². The SMILES string of the molecule is COc1ccccc1N(CC(=O)N(Cc1ccc(Cl)cc1)[C@@H](Cc1ccccc1)C(=O)NC1CCCCC1)S(=O)(=O)c1ccc(C)cc1. The maximum atomic E-state index is 14.7. The number of anilines is 1. The molecule has 1 N–H and O–H groups in total. The lowest BCUT2D eigenvalue weighted by atomic mass is 9.94. The Bertz CT molecular complexity index is 1780. The Morgan fingerprint density at radius 3 is 2.17 bits per heavy atom. The van der Waals surface area contributed by atoms with Gasteiger partial charge in [-0.05, 0) is 67.3 Å². The van der Waals surface area contributed by atoms with E-state index in [4.69, 9.17) is 16.3 Å². The van der Waals surface area contributed by atoms with Gasteiger partial charge in [0.2, 0.25) is 11.8 Å². The molecule has 1 atom stereocenters. The molecule has 0 aliphatic heterocycles. The molecule has 0 bridgehead atoms. The third-order valence-corrected chi connectivity index (χ3v) is 10.8. The molecule has 0 spiro atoms. The molecule has 0 saturated heterocycles. The van der Waals surface area contributed by atoms with Gasteiger partial charge >= 0.3 is 0 Å². The Balaban J connectivity index is 1.58. The fourth-order valence-electron chi connectivity index (χ4n) is 6.07. The monoisotopic (exact) mass is 687 g/mol. The molecule has 8 nitrogen and oxygen atoms in total. The number of methoxy groups -OCH3 is 1. The quantitative estimate of drug-likeness (QED) is 0.164. The van der Waals surface area contributed by atoms with Crippen molar-refractivity contribution in [1.29, 1.82) is 0 Å². The zero-order chi connectivity index (χ0) is 34.1. The number of halogens is 1. The van der Waals surface area contributed by atoms with Crippen molar-refractivity contribution < 1.29 is 22.7 Å². The van der Waals surface area contributed by atoms with Crippen LogP contribution in [0.2, 0.25) is 5.02 Å². The van der Waals surface area contributed by atoms with Crippen molar-refractivity contribution in [3.05, 3.63) is 125 Å². The van der Waals surface area contributed by atoms with E-state index in [0.29, 0.717) is 10.8 Å². The van der Waals surface area contributed by atoms with Gasteiger partial charge in [-0.25, -0.2) is 8.42 Å². The lowest BCUT2D eigenvalue weighted by Crippen LogP contribution is -2.55. The average molecular weight is 688 g/mol. The van der Waals surface area contributed by atoms with E-state index in [1.165, 1.54) is 24.1 Å². The van der Waals surface area contributed by atoms with E-state index in [0.717, 1.165) is 53.1 Å². The van der Waals surface area contributed by atoms with Crippen molar-refractivity contribution in [3.63, 3.8) is 0 Å². The van der Waals surface area contributed by atoms with Crippen LogP contribution in [0.1, 0.15) is 48.8 Å². The summed E-state index contributed by atoms with van der Waals surface area (Å²) >= 11 is 6.19. The smallest absolute Gasteiger partial charge is 0.264 e. The summed E-state index contributed by atoms with van der Waals surface area (Å²) in [4.78, 5) is 30.5. The predicted molar refractivity (Wildman–Crippen MR) is 190 cm³/mol. The van der Waals surface area contributed by atoms with E-state index in [2.05, 4.69) is 5.32 Å². The summed E-state index contributed by atoms with van der Waals surface area (Å²) in [7, 11) is -2.80. The molecule has 4 aromatic rings. The largest absolute Gasteiger partial charge is 0.495 e.